The molecule has 10 aromatic rings. The van der Waals surface area contributed by atoms with Gasteiger partial charge in [0, 0.05) is 0 Å². The summed E-state index contributed by atoms with van der Waals surface area (Å²) in [5.41, 5.74) is 12.5. The van der Waals surface area contributed by atoms with Gasteiger partial charge in [-0.2, -0.15) is 0 Å². The third-order valence-electron chi connectivity index (χ3n) is 11.3. The molecular formula is C43H39N6P. The average Bonchev–Trinajstić information content (AvgIpc) is 3.99. The predicted octanol–water partition coefficient (Wildman–Crippen LogP) is 9.02. The predicted molar refractivity (Wildman–Crippen MR) is 213 cm³/mol. The van der Waals surface area contributed by atoms with Crippen LogP contribution in [-0.2, 0) is 14.1 Å². The van der Waals surface area contributed by atoms with Crippen LogP contribution in [0.1, 0.15) is 11.1 Å². The van der Waals surface area contributed by atoms with E-state index in [-0.39, 0.29) is 0 Å². The van der Waals surface area contributed by atoms with Crippen LogP contribution in [0.4, 0.5) is 0 Å². The van der Waals surface area contributed by atoms with Crippen LogP contribution in [0.5, 0.6) is 0 Å². The zero-order valence-corrected chi connectivity index (χ0v) is 30.0. The number of rotatable bonds is 5. The van der Waals surface area contributed by atoms with Crippen LogP contribution < -0.4 is 10.6 Å². The van der Waals surface area contributed by atoms with Crippen molar-refractivity contribution in [3.8, 4) is 11.6 Å². The topological polar surface area (TPSA) is 29.1 Å². The average molecular weight is 671 g/mol. The molecule has 7 heteroatoms. The monoisotopic (exact) mass is 670 g/mol. The molecular weight excluding hydrogens is 631 g/mol. The summed E-state index contributed by atoms with van der Waals surface area (Å²) >= 11 is 0. The van der Waals surface area contributed by atoms with Gasteiger partial charge in [-0.25, -0.2) is 0 Å². The second kappa shape index (κ2) is 10.4. The van der Waals surface area contributed by atoms with Gasteiger partial charge in [-0.1, -0.05) is 0 Å². The van der Waals surface area contributed by atoms with Crippen molar-refractivity contribution in [2.75, 3.05) is 6.66 Å². The van der Waals surface area contributed by atoms with E-state index < -0.39 is 7.41 Å². The van der Waals surface area contributed by atoms with E-state index in [9.17, 15) is 0 Å². The molecule has 0 radical (unpaired) electrons. The summed E-state index contributed by atoms with van der Waals surface area (Å²) in [5, 5.41) is 4.06. The van der Waals surface area contributed by atoms with Gasteiger partial charge in [0.1, 0.15) is 0 Å². The van der Waals surface area contributed by atoms with Crippen molar-refractivity contribution in [3.05, 3.63) is 151 Å². The molecule has 6 heterocycles. The van der Waals surface area contributed by atoms with Crippen molar-refractivity contribution >= 4 is 67.7 Å². The molecule has 0 N–H and O–H groups in total. The summed E-state index contributed by atoms with van der Waals surface area (Å²) in [6.45, 7) is 7.15. The Bertz CT molecular complexity index is 2880. The normalized spacial score (nSPS) is 12.8. The van der Waals surface area contributed by atoms with Gasteiger partial charge in [0.2, 0.25) is 0 Å². The molecule has 10 rings (SSSR count). The number of fused-ring (bicyclic) bond motifs is 8. The fourth-order valence-corrected chi connectivity index (χ4v) is 12.9. The maximum absolute atomic E-state index is 2.75. The Morgan fingerprint density at radius 1 is 0.520 bits per heavy atom. The molecule has 0 aliphatic rings. The molecule has 0 saturated carbocycles. The summed E-state index contributed by atoms with van der Waals surface area (Å²) in [6.07, 6.45) is 4.31. The number of imidazole rings is 1. The molecule has 0 atom stereocenters. The van der Waals surface area contributed by atoms with E-state index >= 15 is 0 Å². The third kappa shape index (κ3) is 3.61. The van der Waals surface area contributed by atoms with Crippen LogP contribution in [0.15, 0.2) is 140 Å². The van der Waals surface area contributed by atoms with Crippen LogP contribution >= 0.6 is 7.41 Å². The van der Waals surface area contributed by atoms with E-state index in [0.29, 0.717) is 0 Å². The zero-order chi connectivity index (χ0) is 33.9. The van der Waals surface area contributed by atoms with E-state index in [4.69, 9.17) is 0 Å². The molecule has 0 aliphatic heterocycles. The molecule has 50 heavy (non-hydrogen) atoms. The van der Waals surface area contributed by atoms with Gasteiger partial charge in [0.05, 0.1) is 0 Å². The standard InChI is InChI=1S/C43H39N6P/c1-29-39-37(26-28-46(39)38-25-16-27-44(38)3)45(4)42(29)48-36-24-15-14-23-35(36)47-41-33-21-12-13-22-34(33)49(40(41)30(2)43(47)48)50(5,31-17-8-6-9-18-31)32-19-10-7-11-20-32/h6-28,50H,1-5H3. The van der Waals surface area contributed by atoms with E-state index in [1.165, 1.54) is 77.2 Å². The molecule has 6 nitrogen and oxygen atoms in total. The molecule has 0 fully saturated rings. The summed E-state index contributed by atoms with van der Waals surface area (Å²) in [4.78, 5) is 0. The van der Waals surface area contributed by atoms with Crippen LogP contribution in [-0.4, -0.2) is 33.7 Å². The molecule has 0 spiro atoms. The van der Waals surface area contributed by atoms with Crippen molar-refractivity contribution in [1.82, 2.24) is 27.0 Å². The summed E-state index contributed by atoms with van der Waals surface area (Å²) < 4.78 is 14.7. The van der Waals surface area contributed by atoms with Crippen molar-refractivity contribution in [1.29, 1.82) is 0 Å². The van der Waals surface area contributed by atoms with Crippen LogP contribution in [0.25, 0.3) is 61.3 Å². The summed E-state index contributed by atoms with van der Waals surface area (Å²) in [7, 11) is 1.74. The molecule has 0 unspecified atom stereocenters. The molecule has 6 aromatic heterocycles. The summed E-state index contributed by atoms with van der Waals surface area (Å²) in [6, 6.07) is 46.9. The van der Waals surface area contributed by atoms with Gasteiger partial charge in [-0.15, -0.1) is 0 Å². The first-order valence-electron chi connectivity index (χ1n) is 17.3. The van der Waals surface area contributed by atoms with Gasteiger partial charge in [0.25, 0.3) is 0 Å². The number of para-hydroxylation sites is 3. The van der Waals surface area contributed by atoms with Crippen molar-refractivity contribution in [3.63, 3.8) is 0 Å². The van der Waals surface area contributed by atoms with Crippen molar-refractivity contribution in [2.45, 2.75) is 13.8 Å². The fraction of sp³-hybridized carbons (Fsp3) is 0.116. The van der Waals surface area contributed by atoms with Crippen LogP contribution in [0.2, 0.25) is 0 Å². The fourth-order valence-electron chi connectivity index (χ4n) is 9.01. The molecule has 0 saturated heterocycles. The van der Waals surface area contributed by atoms with E-state index in [0.717, 1.165) is 5.82 Å². The van der Waals surface area contributed by atoms with Gasteiger partial charge in [-0.3, -0.25) is 0 Å². The second-order valence-corrected chi connectivity index (χ2v) is 17.6. The van der Waals surface area contributed by atoms with Gasteiger partial charge >= 0.3 is 292 Å². The molecule has 0 amide bonds. The Kier molecular flexibility index (Phi) is 6.08. The number of benzene rings is 4. The SMILES string of the molecule is Cc1c(-n2c3ccccc3n3c4c5ccccc5n([PH](C)(c5ccccc5)c5ccccc5)c4c(C)c23)n(C)c2ccn(-c3cccn3C)c12. The third-order valence-corrected chi connectivity index (χ3v) is 15.6. The van der Waals surface area contributed by atoms with E-state index in [2.05, 4.69) is 201 Å². The van der Waals surface area contributed by atoms with Crippen LogP contribution in [0.3, 0.4) is 0 Å². The van der Waals surface area contributed by atoms with E-state index in [1.54, 1.807) is 0 Å². The Hall–Kier alpha value is -5.71. The van der Waals surface area contributed by atoms with Crippen molar-refractivity contribution in [2.24, 2.45) is 14.1 Å². The number of aryl methyl sites for hydroxylation is 4. The minimum atomic E-state index is -2.58. The van der Waals surface area contributed by atoms with E-state index in [1.807, 2.05) is 0 Å². The first-order chi connectivity index (χ1) is 24.4. The number of hydrogen-bond donors (Lipinski definition) is 0. The number of hydrogen-bond acceptors (Lipinski definition) is 0. The van der Waals surface area contributed by atoms with Crippen molar-refractivity contribution < 1.29 is 0 Å². The first-order valence-corrected chi connectivity index (χ1v) is 19.8. The summed E-state index contributed by atoms with van der Waals surface area (Å²) in [5.74, 6) is 2.34. The molecule has 4 aromatic carbocycles. The van der Waals surface area contributed by atoms with Gasteiger partial charge in [0.15, 0.2) is 0 Å². The van der Waals surface area contributed by atoms with Gasteiger partial charge < -0.3 is 0 Å². The molecule has 0 bridgehead atoms. The second-order valence-electron chi connectivity index (χ2n) is 13.9. The van der Waals surface area contributed by atoms with Gasteiger partial charge in [-0.05, 0) is 0 Å². The maximum atomic E-state index is 2.75. The van der Waals surface area contributed by atoms with Crippen LogP contribution in [0, 0.1) is 13.8 Å². The Balaban J connectivity index is 1.39. The molecule has 246 valence electrons. The Morgan fingerprint density at radius 2 is 1.14 bits per heavy atom. The zero-order valence-electron chi connectivity index (χ0n) is 29.0. The number of aromatic nitrogens is 6. The number of nitrogens with zero attached hydrogens (tertiary/aromatic N) is 6. The quantitative estimate of drug-likeness (QED) is 0.164. The Morgan fingerprint density at radius 3 is 1.80 bits per heavy atom. The molecule has 0 aliphatic carbocycles. The Labute approximate surface area is 291 Å². The first kappa shape index (κ1) is 29.2. The minimum absolute atomic E-state index is 1.15.